The number of hydrogen-bond donors (Lipinski definition) is 1. The number of thiophene rings is 1. The maximum atomic E-state index is 3.34. The Balaban J connectivity index is 1.92. The lowest BCUT2D eigenvalue weighted by atomic mass is 10.2. The number of hydrogen-bond acceptors (Lipinski definition) is 2. The normalized spacial score (nSPS) is 20.5. The maximum absolute atomic E-state index is 3.34. The van der Waals surface area contributed by atoms with E-state index in [0.717, 1.165) is 19.5 Å². The third kappa shape index (κ3) is 1.96. The van der Waals surface area contributed by atoms with Gasteiger partial charge in [0, 0.05) is 17.8 Å². The first kappa shape index (κ1) is 8.02. The first-order valence-corrected chi connectivity index (χ1v) is 5.24. The van der Waals surface area contributed by atoms with Crippen molar-refractivity contribution in [2.75, 3.05) is 13.1 Å². The predicted molar refractivity (Wildman–Crippen MR) is 53.6 cm³/mol. The SMILES string of the molecule is C(Cc1cccs1)=C1CCNC1. The summed E-state index contributed by atoms with van der Waals surface area (Å²) in [6, 6.07) is 4.31. The molecular weight excluding hydrogens is 166 g/mol. The lowest BCUT2D eigenvalue weighted by Gasteiger charge is -1.93. The highest BCUT2D eigenvalue weighted by Gasteiger charge is 2.04. The van der Waals surface area contributed by atoms with Crippen LogP contribution in [0.15, 0.2) is 29.2 Å². The molecule has 1 saturated heterocycles. The van der Waals surface area contributed by atoms with Crippen molar-refractivity contribution in [2.45, 2.75) is 12.8 Å². The van der Waals surface area contributed by atoms with E-state index in [1.165, 1.54) is 11.3 Å². The van der Waals surface area contributed by atoms with Crippen molar-refractivity contribution in [3.63, 3.8) is 0 Å². The Kier molecular flexibility index (Phi) is 2.59. The average molecular weight is 179 g/mol. The van der Waals surface area contributed by atoms with E-state index in [0.29, 0.717) is 0 Å². The highest BCUT2D eigenvalue weighted by atomic mass is 32.1. The van der Waals surface area contributed by atoms with E-state index < -0.39 is 0 Å². The van der Waals surface area contributed by atoms with Crippen LogP contribution in [-0.2, 0) is 6.42 Å². The first-order valence-electron chi connectivity index (χ1n) is 4.36. The van der Waals surface area contributed by atoms with Crippen molar-refractivity contribution in [1.82, 2.24) is 5.32 Å². The van der Waals surface area contributed by atoms with Crippen LogP contribution in [0.1, 0.15) is 11.3 Å². The summed E-state index contributed by atoms with van der Waals surface area (Å²) in [5.41, 5.74) is 1.57. The molecule has 0 unspecified atom stereocenters. The summed E-state index contributed by atoms with van der Waals surface area (Å²) in [4.78, 5) is 1.47. The molecule has 1 aliphatic heterocycles. The molecule has 0 atom stereocenters. The molecule has 2 rings (SSSR count). The van der Waals surface area contributed by atoms with Gasteiger partial charge in [0.05, 0.1) is 0 Å². The standard InChI is InChI=1S/C10H13NS/c1-2-10(12-7-1)4-3-9-5-6-11-8-9/h1-3,7,11H,4-6,8H2. The second kappa shape index (κ2) is 3.87. The summed E-state index contributed by atoms with van der Waals surface area (Å²) in [5, 5.41) is 5.48. The van der Waals surface area contributed by atoms with Crippen LogP contribution in [0.25, 0.3) is 0 Å². The summed E-state index contributed by atoms with van der Waals surface area (Å²) in [7, 11) is 0. The molecule has 1 N–H and O–H groups in total. The number of allylic oxidation sites excluding steroid dienone is 1. The van der Waals surface area contributed by atoms with Gasteiger partial charge < -0.3 is 5.32 Å². The Morgan fingerprint density at radius 1 is 1.58 bits per heavy atom. The lowest BCUT2D eigenvalue weighted by molar-refractivity contribution is 0.862. The van der Waals surface area contributed by atoms with Crippen LogP contribution >= 0.6 is 11.3 Å². The third-order valence-corrected chi connectivity index (χ3v) is 3.05. The molecule has 1 nitrogen and oxygen atoms in total. The van der Waals surface area contributed by atoms with E-state index in [9.17, 15) is 0 Å². The highest BCUT2D eigenvalue weighted by Crippen LogP contribution is 2.12. The van der Waals surface area contributed by atoms with Gasteiger partial charge in [-0.25, -0.2) is 0 Å². The fraction of sp³-hybridized carbons (Fsp3) is 0.400. The Bertz CT molecular complexity index is 253. The zero-order valence-corrected chi connectivity index (χ0v) is 7.86. The molecule has 1 aromatic rings. The minimum absolute atomic E-state index is 1.10. The van der Waals surface area contributed by atoms with Gasteiger partial charge in [-0.15, -0.1) is 11.3 Å². The molecule has 0 aliphatic carbocycles. The lowest BCUT2D eigenvalue weighted by Crippen LogP contribution is -2.04. The van der Waals surface area contributed by atoms with Gasteiger partial charge in [-0.05, 0) is 24.4 Å². The minimum Gasteiger partial charge on any atom is -0.313 e. The van der Waals surface area contributed by atoms with Gasteiger partial charge in [0.1, 0.15) is 0 Å². The zero-order valence-electron chi connectivity index (χ0n) is 7.05. The Hall–Kier alpha value is -0.600. The topological polar surface area (TPSA) is 12.0 Å². The quantitative estimate of drug-likeness (QED) is 0.686. The van der Waals surface area contributed by atoms with Crippen LogP contribution in [0.4, 0.5) is 0 Å². The largest absolute Gasteiger partial charge is 0.313 e. The predicted octanol–water partition coefficient (Wildman–Crippen LogP) is 2.21. The molecule has 2 heteroatoms. The second-order valence-corrected chi connectivity index (χ2v) is 4.10. The fourth-order valence-corrected chi connectivity index (χ4v) is 2.10. The maximum Gasteiger partial charge on any atom is 0.0165 e. The third-order valence-electron chi connectivity index (χ3n) is 2.15. The van der Waals surface area contributed by atoms with Gasteiger partial charge in [0.25, 0.3) is 0 Å². The van der Waals surface area contributed by atoms with Crippen LogP contribution < -0.4 is 5.32 Å². The van der Waals surface area contributed by atoms with Gasteiger partial charge in [-0.2, -0.15) is 0 Å². The van der Waals surface area contributed by atoms with Gasteiger partial charge in [0.2, 0.25) is 0 Å². The van der Waals surface area contributed by atoms with E-state index in [1.54, 1.807) is 5.57 Å². The number of rotatable bonds is 2. The van der Waals surface area contributed by atoms with E-state index in [2.05, 4.69) is 28.9 Å². The van der Waals surface area contributed by atoms with Gasteiger partial charge in [-0.1, -0.05) is 17.7 Å². The van der Waals surface area contributed by atoms with Crippen molar-refractivity contribution in [2.24, 2.45) is 0 Å². The molecule has 0 saturated carbocycles. The van der Waals surface area contributed by atoms with Crippen LogP contribution in [0, 0.1) is 0 Å². The molecule has 0 amide bonds. The molecule has 1 fully saturated rings. The molecule has 64 valence electrons. The molecule has 0 aromatic carbocycles. The van der Waals surface area contributed by atoms with Gasteiger partial charge >= 0.3 is 0 Å². The first-order chi connectivity index (χ1) is 5.95. The molecule has 1 aliphatic rings. The highest BCUT2D eigenvalue weighted by molar-refractivity contribution is 7.09. The Labute approximate surface area is 77.1 Å². The molecule has 2 heterocycles. The van der Waals surface area contributed by atoms with Crippen molar-refractivity contribution in [3.05, 3.63) is 34.0 Å². The summed E-state index contributed by atoms with van der Waals surface area (Å²) < 4.78 is 0. The van der Waals surface area contributed by atoms with E-state index >= 15 is 0 Å². The van der Waals surface area contributed by atoms with E-state index in [4.69, 9.17) is 0 Å². The molecule has 0 bridgehead atoms. The van der Waals surface area contributed by atoms with Crippen LogP contribution in [-0.4, -0.2) is 13.1 Å². The molecule has 1 aromatic heterocycles. The zero-order chi connectivity index (χ0) is 8.23. The summed E-state index contributed by atoms with van der Waals surface area (Å²) in [6.45, 7) is 2.27. The monoisotopic (exact) mass is 179 g/mol. The van der Waals surface area contributed by atoms with E-state index in [1.807, 2.05) is 11.3 Å². The smallest absolute Gasteiger partial charge is 0.0165 e. The summed E-state index contributed by atoms with van der Waals surface area (Å²) in [5.74, 6) is 0. The van der Waals surface area contributed by atoms with Gasteiger partial charge in [0.15, 0.2) is 0 Å². The van der Waals surface area contributed by atoms with Gasteiger partial charge in [-0.3, -0.25) is 0 Å². The average Bonchev–Trinajstić information content (AvgIpc) is 2.74. The fourth-order valence-electron chi connectivity index (χ4n) is 1.43. The van der Waals surface area contributed by atoms with Crippen molar-refractivity contribution >= 4 is 11.3 Å². The van der Waals surface area contributed by atoms with Crippen molar-refractivity contribution in [1.29, 1.82) is 0 Å². The van der Waals surface area contributed by atoms with Crippen LogP contribution in [0.3, 0.4) is 0 Å². The molecule has 12 heavy (non-hydrogen) atoms. The summed E-state index contributed by atoms with van der Waals surface area (Å²) >= 11 is 1.84. The van der Waals surface area contributed by atoms with Crippen LogP contribution in [0.2, 0.25) is 0 Å². The molecule has 0 spiro atoms. The Morgan fingerprint density at radius 3 is 3.25 bits per heavy atom. The summed E-state index contributed by atoms with van der Waals surface area (Å²) in [6.07, 6.45) is 4.73. The minimum atomic E-state index is 1.10. The number of nitrogens with one attached hydrogen (secondary N) is 1. The van der Waals surface area contributed by atoms with E-state index in [-0.39, 0.29) is 0 Å². The van der Waals surface area contributed by atoms with Crippen molar-refractivity contribution in [3.8, 4) is 0 Å². The molecule has 0 radical (unpaired) electrons. The van der Waals surface area contributed by atoms with Crippen molar-refractivity contribution < 1.29 is 0 Å². The Morgan fingerprint density at radius 2 is 2.58 bits per heavy atom. The second-order valence-electron chi connectivity index (χ2n) is 3.07. The van der Waals surface area contributed by atoms with Crippen LogP contribution in [0.5, 0.6) is 0 Å². The molecular formula is C10H13NS.